The van der Waals surface area contributed by atoms with Crippen molar-refractivity contribution in [1.29, 1.82) is 0 Å². The summed E-state index contributed by atoms with van der Waals surface area (Å²) in [5.41, 5.74) is 1.29. The number of β-amino-alcohol motifs (C(OH)–C–C–N with tert-alkyl or cyclic N) is 1. The van der Waals surface area contributed by atoms with E-state index in [1.54, 1.807) is 41.3 Å². The van der Waals surface area contributed by atoms with E-state index in [2.05, 4.69) is 5.32 Å². The van der Waals surface area contributed by atoms with E-state index in [1.165, 1.54) is 12.1 Å². The molecule has 0 aromatic heterocycles. The molecule has 1 heterocycles. The largest absolute Gasteiger partial charge is 0.389 e. The first-order valence-electron chi connectivity index (χ1n) is 8.59. The first-order valence-corrected chi connectivity index (χ1v) is 8.59. The van der Waals surface area contributed by atoms with Crippen LogP contribution in [0.4, 0.5) is 4.39 Å². The molecule has 0 aliphatic carbocycles. The first kappa shape index (κ1) is 18.1. The molecule has 26 heavy (non-hydrogen) atoms. The number of benzene rings is 2. The van der Waals surface area contributed by atoms with Crippen molar-refractivity contribution >= 4 is 11.8 Å². The van der Waals surface area contributed by atoms with Gasteiger partial charge in [-0.05, 0) is 36.2 Å². The predicted octanol–water partition coefficient (Wildman–Crippen LogP) is 1.76. The quantitative estimate of drug-likeness (QED) is 0.877. The molecule has 2 amide bonds. The number of carbonyl (C=O) groups excluding carboxylic acids is 2. The third kappa shape index (κ3) is 4.46. The molecule has 2 N–H and O–H groups in total. The molecule has 2 atom stereocenters. The van der Waals surface area contributed by atoms with E-state index in [1.807, 2.05) is 6.07 Å². The van der Waals surface area contributed by atoms with Crippen molar-refractivity contribution in [3.8, 4) is 0 Å². The van der Waals surface area contributed by atoms with E-state index in [0.29, 0.717) is 24.1 Å². The van der Waals surface area contributed by atoms with Gasteiger partial charge in [0.05, 0.1) is 18.6 Å². The Hall–Kier alpha value is -2.73. The van der Waals surface area contributed by atoms with Crippen LogP contribution in [0.1, 0.15) is 22.3 Å². The molecule has 0 bridgehead atoms. The normalized spacial score (nSPS) is 19.8. The average molecular weight is 356 g/mol. The van der Waals surface area contributed by atoms with E-state index >= 15 is 0 Å². The van der Waals surface area contributed by atoms with Crippen LogP contribution in [0.2, 0.25) is 0 Å². The highest BCUT2D eigenvalue weighted by atomic mass is 19.1. The summed E-state index contributed by atoms with van der Waals surface area (Å²) >= 11 is 0. The number of rotatable bonds is 4. The predicted molar refractivity (Wildman–Crippen MR) is 95.0 cm³/mol. The van der Waals surface area contributed by atoms with Gasteiger partial charge in [-0.1, -0.05) is 30.3 Å². The number of nitrogens with zero attached hydrogens (tertiary/aromatic N) is 1. The minimum atomic E-state index is -0.825. The number of piperidine rings is 1. The Labute approximate surface area is 151 Å². The van der Waals surface area contributed by atoms with Crippen LogP contribution in [0.25, 0.3) is 0 Å². The molecule has 6 heteroatoms. The van der Waals surface area contributed by atoms with Gasteiger partial charge in [-0.15, -0.1) is 0 Å². The standard InChI is InChI=1S/C20H21FN2O3/c21-16-8-6-14(7-9-16)12-19(25)22-17-10-11-23(13-18(17)24)20(26)15-4-2-1-3-5-15/h1-9,17-18,24H,10-13H2,(H,22,25). The summed E-state index contributed by atoms with van der Waals surface area (Å²) in [4.78, 5) is 26.2. The van der Waals surface area contributed by atoms with Crippen molar-refractivity contribution in [2.24, 2.45) is 0 Å². The van der Waals surface area contributed by atoms with Crippen LogP contribution in [0.5, 0.6) is 0 Å². The molecule has 2 aromatic carbocycles. The molecule has 3 rings (SSSR count). The fourth-order valence-corrected chi connectivity index (χ4v) is 3.09. The average Bonchev–Trinajstić information content (AvgIpc) is 2.65. The van der Waals surface area contributed by atoms with Crippen molar-refractivity contribution in [3.63, 3.8) is 0 Å². The van der Waals surface area contributed by atoms with E-state index < -0.39 is 12.1 Å². The Morgan fingerprint density at radius 1 is 1.12 bits per heavy atom. The Morgan fingerprint density at radius 3 is 2.46 bits per heavy atom. The van der Waals surface area contributed by atoms with E-state index in [0.717, 1.165) is 0 Å². The highest BCUT2D eigenvalue weighted by Crippen LogP contribution is 2.15. The minimum Gasteiger partial charge on any atom is -0.389 e. The van der Waals surface area contributed by atoms with Crippen LogP contribution in [0.15, 0.2) is 54.6 Å². The van der Waals surface area contributed by atoms with Crippen molar-refractivity contribution < 1.29 is 19.1 Å². The third-order valence-electron chi connectivity index (χ3n) is 4.51. The highest BCUT2D eigenvalue weighted by Gasteiger charge is 2.31. The van der Waals surface area contributed by atoms with Crippen molar-refractivity contribution in [2.45, 2.75) is 25.0 Å². The molecule has 2 unspecified atom stereocenters. The molecule has 1 fully saturated rings. The monoisotopic (exact) mass is 356 g/mol. The van der Waals surface area contributed by atoms with Crippen molar-refractivity contribution in [3.05, 3.63) is 71.5 Å². The summed E-state index contributed by atoms with van der Waals surface area (Å²) in [6.07, 6.45) is -0.223. The summed E-state index contributed by atoms with van der Waals surface area (Å²) in [7, 11) is 0. The molecule has 0 saturated carbocycles. The highest BCUT2D eigenvalue weighted by molar-refractivity contribution is 5.94. The summed E-state index contributed by atoms with van der Waals surface area (Å²) in [6.45, 7) is 0.640. The molecule has 2 aromatic rings. The smallest absolute Gasteiger partial charge is 0.253 e. The number of likely N-dealkylation sites (tertiary alicyclic amines) is 1. The van der Waals surface area contributed by atoms with Crippen molar-refractivity contribution in [2.75, 3.05) is 13.1 Å². The SMILES string of the molecule is O=C(Cc1ccc(F)cc1)NC1CCN(C(=O)c2ccccc2)CC1O. The Kier molecular flexibility index (Phi) is 5.63. The van der Waals surface area contributed by atoms with Crippen LogP contribution in [0.3, 0.4) is 0 Å². The second kappa shape index (κ2) is 8.10. The molecule has 0 radical (unpaired) electrons. The summed E-state index contributed by atoms with van der Waals surface area (Å²) < 4.78 is 12.9. The topological polar surface area (TPSA) is 69.6 Å². The third-order valence-corrected chi connectivity index (χ3v) is 4.51. The summed E-state index contributed by atoms with van der Waals surface area (Å²) in [5.74, 6) is -0.704. The molecule has 1 aliphatic heterocycles. The lowest BCUT2D eigenvalue weighted by Gasteiger charge is -2.36. The van der Waals surface area contributed by atoms with Gasteiger partial charge in [-0.3, -0.25) is 9.59 Å². The van der Waals surface area contributed by atoms with Gasteiger partial charge in [0, 0.05) is 18.7 Å². The number of hydrogen-bond acceptors (Lipinski definition) is 3. The summed E-state index contributed by atoms with van der Waals surface area (Å²) in [6, 6.07) is 14.3. The fraction of sp³-hybridized carbons (Fsp3) is 0.300. The van der Waals surface area contributed by atoms with Crippen LogP contribution >= 0.6 is 0 Å². The molecular formula is C20H21FN2O3. The number of nitrogens with one attached hydrogen (secondary N) is 1. The first-order chi connectivity index (χ1) is 12.5. The zero-order chi connectivity index (χ0) is 18.5. The maximum atomic E-state index is 12.9. The van der Waals surface area contributed by atoms with Crippen LogP contribution in [-0.2, 0) is 11.2 Å². The molecule has 5 nitrogen and oxygen atoms in total. The van der Waals surface area contributed by atoms with Gasteiger partial charge in [0.15, 0.2) is 0 Å². The van der Waals surface area contributed by atoms with Crippen molar-refractivity contribution in [1.82, 2.24) is 10.2 Å². The number of halogens is 1. The number of carbonyl (C=O) groups is 2. The number of aliphatic hydroxyl groups excluding tert-OH is 1. The molecular weight excluding hydrogens is 335 g/mol. The lowest BCUT2D eigenvalue weighted by Crippen LogP contribution is -2.55. The minimum absolute atomic E-state index is 0.121. The maximum Gasteiger partial charge on any atom is 0.253 e. The van der Waals surface area contributed by atoms with E-state index in [-0.39, 0.29) is 30.6 Å². The number of amides is 2. The fourth-order valence-electron chi connectivity index (χ4n) is 3.09. The van der Waals surface area contributed by atoms with Crippen LogP contribution in [-0.4, -0.2) is 47.1 Å². The second-order valence-corrected chi connectivity index (χ2v) is 6.45. The lowest BCUT2D eigenvalue weighted by atomic mass is 10.00. The van der Waals surface area contributed by atoms with Gasteiger partial charge in [0.2, 0.25) is 5.91 Å². The van der Waals surface area contributed by atoms with Crippen LogP contribution in [0, 0.1) is 5.82 Å². The second-order valence-electron chi connectivity index (χ2n) is 6.45. The molecule has 136 valence electrons. The Morgan fingerprint density at radius 2 is 1.81 bits per heavy atom. The molecule has 1 saturated heterocycles. The zero-order valence-corrected chi connectivity index (χ0v) is 14.3. The van der Waals surface area contributed by atoms with Gasteiger partial charge in [0.1, 0.15) is 5.82 Å². The lowest BCUT2D eigenvalue weighted by molar-refractivity contribution is -0.122. The Bertz CT molecular complexity index is 764. The van der Waals surface area contributed by atoms with E-state index in [9.17, 15) is 19.1 Å². The van der Waals surface area contributed by atoms with Gasteiger partial charge < -0.3 is 15.3 Å². The zero-order valence-electron chi connectivity index (χ0n) is 14.3. The molecule has 0 spiro atoms. The van der Waals surface area contributed by atoms with Gasteiger partial charge in [-0.25, -0.2) is 4.39 Å². The summed E-state index contributed by atoms with van der Waals surface area (Å²) in [5, 5.41) is 13.1. The van der Waals surface area contributed by atoms with Gasteiger partial charge in [0.25, 0.3) is 5.91 Å². The van der Waals surface area contributed by atoms with Crippen LogP contribution < -0.4 is 5.32 Å². The Balaban J connectivity index is 1.53. The van der Waals surface area contributed by atoms with Gasteiger partial charge in [-0.2, -0.15) is 0 Å². The molecule has 1 aliphatic rings. The number of hydrogen-bond donors (Lipinski definition) is 2. The maximum absolute atomic E-state index is 12.9. The van der Waals surface area contributed by atoms with E-state index in [4.69, 9.17) is 0 Å². The van der Waals surface area contributed by atoms with Gasteiger partial charge >= 0.3 is 0 Å². The number of aliphatic hydroxyl groups is 1.